The lowest BCUT2D eigenvalue weighted by atomic mass is 10.0. The van der Waals surface area contributed by atoms with Crippen molar-refractivity contribution in [1.82, 2.24) is 10.2 Å². The maximum absolute atomic E-state index is 12.4. The van der Waals surface area contributed by atoms with Crippen molar-refractivity contribution in [3.05, 3.63) is 29.8 Å². The van der Waals surface area contributed by atoms with E-state index in [2.05, 4.69) is 22.6 Å². The predicted molar refractivity (Wildman–Crippen MR) is 92.0 cm³/mol. The van der Waals surface area contributed by atoms with Gasteiger partial charge in [0.05, 0.1) is 0 Å². The van der Waals surface area contributed by atoms with E-state index in [-0.39, 0.29) is 24.0 Å². The second-order valence-corrected chi connectivity index (χ2v) is 6.62. The van der Waals surface area contributed by atoms with Crippen LogP contribution in [0.3, 0.4) is 0 Å². The van der Waals surface area contributed by atoms with E-state index in [0.29, 0.717) is 17.9 Å². The third kappa shape index (κ3) is 4.33. The average molecular weight is 331 g/mol. The number of nitrogens with zero attached hydrogens (tertiary/aromatic N) is 1. The second kappa shape index (κ2) is 7.77. The Morgan fingerprint density at radius 1 is 1.21 bits per heavy atom. The van der Waals surface area contributed by atoms with Crippen molar-refractivity contribution in [1.29, 1.82) is 0 Å². The molecule has 6 heteroatoms. The summed E-state index contributed by atoms with van der Waals surface area (Å²) in [5.74, 6) is -0.224. The van der Waals surface area contributed by atoms with Crippen LogP contribution in [0.2, 0.25) is 0 Å². The van der Waals surface area contributed by atoms with Gasteiger partial charge in [-0.15, -0.1) is 0 Å². The largest absolute Gasteiger partial charge is 0.368 e. The molecule has 0 saturated carbocycles. The summed E-state index contributed by atoms with van der Waals surface area (Å²) in [6.07, 6.45) is 3.23. The van der Waals surface area contributed by atoms with E-state index in [0.717, 1.165) is 38.8 Å². The molecule has 3 rings (SSSR count). The standard InChI is InChI=1S/C18H25N3O3/c1-21-9-7-14(8-10-21)19-17(22)13-4-2-5-15(12-13)20-18(23)16-6-3-11-24-16/h2,4-5,12,14,16H,3,6-11H2,1H3,(H,19,22)(H,20,23)/t16-/m0/s1. The fourth-order valence-corrected chi connectivity index (χ4v) is 3.17. The van der Waals surface area contributed by atoms with E-state index >= 15 is 0 Å². The number of nitrogens with one attached hydrogen (secondary N) is 2. The molecule has 1 aromatic carbocycles. The molecule has 0 unspecified atom stereocenters. The van der Waals surface area contributed by atoms with E-state index in [1.165, 1.54) is 0 Å². The summed E-state index contributed by atoms with van der Waals surface area (Å²) < 4.78 is 5.38. The van der Waals surface area contributed by atoms with Crippen LogP contribution in [0.1, 0.15) is 36.0 Å². The van der Waals surface area contributed by atoms with Crippen LogP contribution in [0.15, 0.2) is 24.3 Å². The van der Waals surface area contributed by atoms with E-state index in [4.69, 9.17) is 4.74 Å². The molecule has 2 N–H and O–H groups in total. The molecule has 1 atom stereocenters. The second-order valence-electron chi connectivity index (χ2n) is 6.62. The van der Waals surface area contributed by atoms with Crippen LogP contribution < -0.4 is 10.6 Å². The topological polar surface area (TPSA) is 70.7 Å². The number of benzene rings is 1. The number of carbonyl (C=O) groups is 2. The fraction of sp³-hybridized carbons (Fsp3) is 0.556. The Morgan fingerprint density at radius 2 is 2.00 bits per heavy atom. The first-order valence-electron chi connectivity index (χ1n) is 8.64. The highest BCUT2D eigenvalue weighted by molar-refractivity contribution is 5.98. The first-order chi connectivity index (χ1) is 11.6. The minimum atomic E-state index is -0.373. The molecule has 0 aliphatic carbocycles. The number of carbonyl (C=O) groups excluding carboxylic acids is 2. The van der Waals surface area contributed by atoms with Crippen LogP contribution in [0, 0.1) is 0 Å². The summed E-state index contributed by atoms with van der Waals surface area (Å²) in [4.78, 5) is 26.8. The summed E-state index contributed by atoms with van der Waals surface area (Å²) in [7, 11) is 2.10. The molecule has 130 valence electrons. The maximum Gasteiger partial charge on any atom is 0.253 e. The van der Waals surface area contributed by atoms with Crippen LogP contribution in [-0.4, -0.2) is 55.6 Å². The summed E-state index contributed by atoms with van der Waals surface area (Å²) >= 11 is 0. The number of amides is 2. The third-order valence-electron chi connectivity index (χ3n) is 4.67. The summed E-state index contributed by atoms with van der Waals surface area (Å²) in [6, 6.07) is 7.29. The van der Waals surface area contributed by atoms with Gasteiger partial charge in [-0.25, -0.2) is 0 Å². The van der Waals surface area contributed by atoms with Crippen LogP contribution >= 0.6 is 0 Å². The number of ether oxygens (including phenoxy) is 1. The van der Waals surface area contributed by atoms with Crippen molar-refractivity contribution in [3.8, 4) is 0 Å². The molecule has 6 nitrogen and oxygen atoms in total. The molecule has 0 radical (unpaired) electrons. The van der Waals surface area contributed by atoms with Gasteiger partial charge in [0.25, 0.3) is 11.8 Å². The van der Waals surface area contributed by atoms with Gasteiger partial charge in [0, 0.05) is 23.9 Å². The molecule has 1 aromatic rings. The Morgan fingerprint density at radius 3 is 2.71 bits per heavy atom. The van der Waals surface area contributed by atoms with Crippen molar-refractivity contribution < 1.29 is 14.3 Å². The number of hydrogen-bond acceptors (Lipinski definition) is 4. The van der Waals surface area contributed by atoms with Crippen molar-refractivity contribution in [2.45, 2.75) is 37.8 Å². The zero-order chi connectivity index (χ0) is 16.9. The van der Waals surface area contributed by atoms with E-state index in [9.17, 15) is 9.59 Å². The lowest BCUT2D eigenvalue weighted by molar-refractivity contribution is -0.124. The number of anilines is 1. The highest BCUT2D eigenvalue weighted by atomic mass is 16.5. The Kier molecular flexibility index (Phi) is 5.48. The monoisotopic (exact) mass is 331 g/mol. The van der Waals surface area contributed by atoms with Crippen molar-refractivity contribution >= 4 is 17.5 Å². The predicted octanol–water partition coefficient (Wildman–Crippen LogP) is 1.63. The van der Waals surface area contributed by atoms with Gasteiger partial charge in [0.15, 0.2) is 0 Å². The summed E-state index contributed by atoms with van der Waals surface area (Å²) in [6.45, 7) is 2.64. The molecule has 2 saturated heterocycles. The van der Waals surface area contributed by atoms with Gasteiger partial charge in [-0.1, -0.05) is 6.07 Å². The zero-order valence-electron chi connectivity index (χ0n) is 14.1. The van der Waals surface area contributed by atoms with E-state index in [1.807, 2.05) is 0 Å². The molecule has 2 amide bonds. The van der Waals surface area contributed by atoms with Gasteiger partial charge < -0.3 is 20.3 Å². The minimum Gasteiger partial charge on any atom is -0.368 e. The molecule has 2 fully saturated rings. The van der Waals surface area contributed by atoms with Gasteiger partial charge in [-0.3, -0.25) is 9.59 Å². The van der Waals surface area contributed by atoms with E-state index < -0.39 is 0 Å². The SMILES string of the molecule is CN1CCC(NC(=O)c2cccc(NC(=O)[C@@H]3CCCO3)c2)CC1. The van der Waals surface area contributed by atoms with Gasteiger partial charge >= 0.3 is 0 Å². The normalized spacial score (nSPS) is 22.3. The van der Waals surface area contributed by atoms with Crippen molar-refractivity contribution in [3.63, 3.8) is 0 Å². The molecule has 2 heterocycles. The smallest absolute Gasteiger partial charge is 0.253 e. The van der Waals surface area contributed by atoms with Gasteiger partial charge in [0.2, 0.25) is 0 Å². The average Bonchev–Trinajstić information content (AvgIpc) is 3.12. The van der Waals surface area contributed by atoms with Crippen LogP contribution in [0.5, 0.6) is 0 Å². The molecular weight excluding hydrogens is 306 g/mol. The molecular formula is C18H25N3O3. The van der Waals surface area contributed by atoms with Crippen LogP contribution in [0.25, 0.3) is 0 Å². The first kappa shape index (κ1) is 16.9. The number of rotatable bonds is 4. The number of likely N-dealkylation sites (tertiary alicyclic amines) is 1. The molecule has 0 spiro atoms. The molecule has 0 bridgehead atoms. The summed E-state index contributed by atoms with van der Waals surface area (Å²) in [5, 5.41) is 5.93. The molecule has 0 aromatic heterocycles. The third-order valence-corrected chi connectivity index (χ3v) is 4.67. The highest BCUT2D eigenvalue weighted by Crippen LogP contribution is 2.17. The summed E-state index contributed by atoms with van der Waals surface area (Å²) in [5.41, 5.74) is 1.20. The maximum atomic E-state index is 12.4. The van der Waals surface area contributed by atoms with Crippen LogP contribution in [-0.2, 0) is 9.53 Å². The van der Waals surface area contributed by atoms with Crippen molar-refractivity contribution in [2.75, 3.05) is 32.1 Å². The van der Waals surface area contributed by atoms with Gasteiger partial charge in [0.1, 0.15) is 6.10 Å². The molecule has 2 aliphatic heterocycles. The zero-order valence-corrected chi connectivity index (χ0v) is 14.1. The molecule has 24 heavy (non-hydrogen) atoms. The highest BCUT2D eigenvalue weighted by Gasteiger charge is 2.24. The Hall–Kier alpha value is -1.92. The lowest BCUT2D eigenvalue weighted by Gasteiger charge is -2.29. The van der Waals surface area contributed by atoms with Crippen molar-refractivity contribution in [2.24, 2.45) is 0 Å². The number of hydrogen-bond donors (Lipinski definition) is 2. The van der Waals surface area contributed by atoms with Gasteiger partial charge in [-0.05, 0) is 64.0 Å². The van der Waals surface area contributed by atoms with Gasteiger partial charge in [-0.2, -0.15) is 0 Å². The molecule has 2 aliphatic rings. The lowest BCUT2D eigenvalue weighted by Crippen LogP contribution is -2.43. The Bertz CT molecular complexity index is 591. The first-order valence-corrected chi connectivity index (χ1v) is 8.64. The van der Waals surface area contributed by atoms with Crippen LogP contribution in [0.4, 0.5) is 5.69 Å². The fourth-order valence-electron chi connectivity index (χ4n) is 3.17. The Balaban J connectivity index is 1.57. The Labute approximate surface area is 142 Å². The quantitative estimate of drug-likeness (QED) is 0.880. The number of piperidine rings is 1. The van der Waals surface area contributed by atoms with E-state index in [1.54, 1.807) is 24.3 Å². The minimum absolute atomic E-state index is 0.0854.